The van der Waals surface area contributed by atoms with Gasteiger partial charge in [-0.1, -0.05) is 36.9 Å². The molecule has 3 rings (SSSR count). The minimum absolute atomic E-state index is 0.221. The number of nitrogens with one attached hydrogen (secondary N) is 2. The maximum absolute atomic E-state index is 14.6. The number of benzene rings is 2. The minimum Gasteiger partial charge on any atom is -0.489 e. The van der Waals surface area contributed by atoms with E-state index in [-0.39, 0.29) is 5.82 Å². The van der Waals surface area contributed by atoms with Gasteiger partial charge in [-0.05, 0) is 30.7 Å². The average Bonchev–Trinajstić information content (AvgIpc) is 2.80. The quantitative estimate of drug-likeness (QED) is 0.365. The van der Waals surface area contributed by atoms with Crippen LogP contribution in [0.5, 0.6) is 5.75 Å². The second kappa shape index (κ2) is 12.0. The molecule has 1 heterocycles. The van der Waals surface area contributed by atoms with Gasteiger partial charge in [0.1, 0.15) is 18.2 Å². The van der Waals surface area contributed by atoms with Crippen LogP contribution in [-0.2, 0) is 17.8 Å². The van der Waals surface area contributed by atoms with E-state index < -0.39 is 0 Å². The van der Waals surface area contributed by atoms with Gasteiger partial charge in [0, 0.05) is 31.7 Å². The molecule has 0 aliphatic carbocycles. The average molecular weight is 427 g/mol. The molecule has 31 heavy (non-hydrogen) atoms. The molecule has 0 amide bonds. The van der Waals surface area contributed by atoms with Gasteiger partial charge in [-0.2, -0.15) is 0 Å². The summed E-state index contributed by atoms with van der Waals surface area (Å²) in [6.07, 6.45) is 1.72. The van der Waals surface area contributed by atoms with Crippen molar-refractivity contribution in [3.63, 3.8) is 0 Å². The van der Waals surface area contributed by atoms with Crippen molar-refractivity contribution in [2.45, 2.75) is 20.0 Å². The predicted octanol–water partition coefficient (Wildman–Crippen LogP) is 3.48. The Morgan fingerprint density at radius 2 is 2.03 bits per heavy atom. The van der Waals surface area contributed by atoms with Crippen LogP contribution in [0, 0.1) is 5.82 Å². The number of guanidine groups is 1. The van der Waals surface area contributed by atoms with Crippen LogP contribution in [0.3, 0.4) is 0 Å². The summed E-state index contributed by atoms with van der Waals surface area (Å²) >= 11 is 0. The zero-order valence-corrected chi connectivity index (χ0v) is 18.1. The molecule has 7 heteroatoms. The molecule has 6 nitrogen and oxygen atoms in total. The molecule has 2 aromatic rings. The topological polar surface area (TPSA) is 58.1 Å². The SMILES string of the molecule is C=CCOc1ccccc1CNC(=NCc1ccc(N2CCOCC2)c(F)c1)NCC. The lowest BCUT2D eigenvalue weighted by Gasteiger charge is -2.29. The molecule has 166 valence electrons. The highest BCUT2D eigenvalue weighted by Gasteiger charge is 2.15. The standard InChI is InChI=1S/C24H31FN4O2/c1-3-13-31-23-8-6-5-7-20(23)18-28-24(26-4-2)27-17-19-9-10-22(21(25)16-19)29-11-14-30-15-12-29/h3,5-10,16H,1,4,11-15,17-18H2,2H3,(H2,26,27,28). The van der Waals surface area contributed by atoms with E-state index in [1.165, 1.54) is 0 Å². The number of hydrogen-bond donors (Lipinski definition) is 2. The number of nitrogens with zero attached hydrogens (tertiary/aromatic N) is 2. The first kappa shape index (κ1) is 22.6. The number of hydrogen-bond acceptors (Lipinski definition) is 4. The first-order chi connectivity index (χ1) is 15.2. The molecule has 1 aliphatic rings. The summed E-state index contributed by atoms with van der Waals surface area (Å²) in [4.78, 5) is 6.63. The van der Waals surface area contributed by atoms with Crippen molar-refractivity contribution in [2.24, 2.45) is 4.99 Å². The van der Waals surface area contributed by atoms with Crippen molar-refractivity contribution in [1.29, 1.82) is 0 Å². The van der Waals surface area contributed by atoms with Crippen LogP contribution in [0.25, 0.3) is 0 Å². The van der Waals surface area contributed by atoms with Gasteiger partial charge in [0.25, 0.3) is 0 Å². The normalized spacial score (nSPS) is 14.3. The molecule has 0 aromatic heterocycles. The van der Waals surface area contributed by atoms with Gasteiger partial charge in [-0.15, -0.1) is 0 Å². The number of para-hydroxylation sites is 1. The van der Waals surface area contributed by atoms with Crippen LogP contribution in [-0.4, -0.2) is 45.4 Å². The van der Waals surface area contributed by atoms with Crippen molar-refractivity contribution < 1.29 is 13.9 Å². The van der Waals surface area contributed by atoms with E-state index >= 15 is 0 Å². The molecular weight excluding hydrogens is 395 g/mol. The van der Waals surface area contributed by atoms with Crippen molar-refractivity contribution >= 4 is 11.6 Å². The Kier molecular flexibility index (Phi) is 8.72. The maximum atomic E-state index is 14.6. The number of aliphatic imine (C=N–C) groups is 1. The van der Waals surface area contributed by atoms with Crippen LogP contribution in [0.1, 0.15) is 18.1 Å². The smallest absolute Gasteiger partial charge is 0.191 e. The van der Waals surface area contributed by atoms with Gasteiger partial charge < -0.3 is 25.0 Å². The Bertz CT molecular complexity index is 882. The number of morpholine rings is 1. The van der Waals surface area contributed by atoms with E-state index in [0.29, 0.717) is 57.6 Å². The third kappa shape index (κ3) is 6.72. The van der Waals surface area contributed by atoms with Crippen molar-refractivity contribution in [1.82, 2.24) is 10.6 Å². The number of anilines is 1. The Morgan fingerprint density at radius 1 is 1.23 bits per heavy atom. The van der Waals surface area contributed by atoms with Gasteiger partial charge in [0.15, 0.2) is 5.96 Å². The van der Waals surface area contributed by atoms with Crippen LogP contribution in [0.2, 0.25) is 0 Å². The monoisotopic (exact) mass is 426 g/mol. The second-order valence-electron chi connectivity index (χ2n) is 7.14. The maximum Gasteiger partial charge on any atom is 0.191 e. The molecule has 0 atom stereocenters. The fourth-order valence-corrected chi connectivity index (χ4v) is 3.34. The first-order valence-electron chi connectivity index (χ1n) is 10.7. The van der Waals surface area contributed by atoms with E-state index in [1.807, 2.05) is 48.2 Å². The largest absolute Gasteiger partial charge is 0.489 e. The molecule has 0 unspecified atom stereocenters. The van der Waals surface area contributed by atoms with Gasteiger partial charge >= 0.3 is 0 Å². The summed E-state index contributed by atoms with van der Waals surface area (Å²) in [5, 5.41) is 6.55. The molecule has 0 bridgehead atoms. The highest BCUT2D eigenvalue weighted by molar-refractivity contribution is 5.79. The van der Waals surface area contributed by atoms with Crippen molar-refractivity contribution in [3.05, 3.63) is 72.1 Å². The summed E-state index contributed by atoms with van der Waals surface area (Å²) in [5.74, 6) is 1.26. The predicted molar refractivity (Wildman–Crippen MR) is 123 cm³/mol. The van der Waals surface area contributed by atoms with E-state index in [1.54, 1.807) is 12.1 Å². The second-order valence-corrected chi connectivity index (χ2v) is 7.14. The van der Waals surface area contributed by atoms with Gasteiger partial charge in [0.2, 0.25) is 0 Å². The summed E-state index contributed by atoms with van der Waals surface area (Å²) < 4.78 is 25.7. The Labute approximate surface area is 183 Å². The van der Waals surface area contributed by atoms with E-state index in [9.17, 15) is 4.39 Å². The first-order valence-corrected chi connectivity index (χ1v) is 10.7. The molecule has 1 aliphatic heterocycles. The third-order valence-electron chi connectivity index (χ3n) is 4.90. The molecule has 1 saturated heterocycles. The van der Waals surface area contributed by atoms with E-state index in [2.05, 4.69) is 22.2 Å². The summed E-state index contributed by atoms with van der Waals surface area (Å²) in [6, 6.07) is 13.2. The van der Waals surface area contributed by atoms with Gasteiger partial charge in [0.05, 0.1) is 25.4 Å². The molecule has 1 fully saturated rings. The lowest BCUT2D eigenvalue weighted by molar-refractivity contribution is 0.122. The molecule has 0 saturated carbocycles. The summed E-state index contributed by atoms with van der Waals surface area (Å²) in [7, 11) is 0. The third-order valence-corrected chi connectivity index (χ3v) is 4.90. The Morgan fingerprint density at radius 3 is 2.77 bits per heavy atom. The Hall–Kier alpha value is -3.06. The van der Waals surface area contributed by atoms with Crippen LogP contribution >= 0.6 is 0 Å². The molecular formula is C24H31FN4O2. The fourth-order valence-electron chi connectivity index (χ4n) is 3.34. The molecule has 0 spiro atoms. The highest BCUT2D eigenvalue weighted by atomic mass is 19.1. The Balaban J connectivity index is 1.63. The van der Waals surface area contributed by atoms with Crippen molar-refractivity contribution in [2.75, 3.05) is 44.4 Å². The van der Waals surface area contributed by atoms with Crippen LogP contribution < -0.4 is 20.3 Å². The minimum atomic E-state index is -0.221. The summed E-state index contributed by atoms with van der Waals surface area (Å²) in [6.45, 7) is 10.5. The fraction of sp³-hybridized carbons (Fsp3) is 0.375. The number of ether oxygens (including phenoxy) is 2. The van der Waals surface area contributed by atoms with Crippen LogP contribution in [0.4, 0.5) is 10.1 Å². The zero-order valence-electron chi connectivity index (χ0n) is 18.1. The van der Waals surface area contributed by atoms with Gasteiger partial charge in [-0.25, -0.2) is 9.38 Å². The number of halogens is 1. The van der Waals surface area contributed by atoms with Crippen LogP contribution in [0.15, 0.2) is 60.1 Å². The molecule has 2 aromatic carbocycles. The highest BCUT2D eigenvalue weighted by Crippen LogP contribution is 2.22. The zero-order chi connectivity index (χ0) is 21.9. The summed E-state index contributed by atoms with van der Waals surface area (Å²) in [5.41, 5.74) is 2.47. The molecule has 2 N–H and O–H groups in total. The van der Waals surface area contributed by atoms with Crippen molar-refractivity contribution in [3.8, 4) is 5.75 Å². The molecule has 0 radical (unpaired) electrons. The van der Waals surface area contributed by atoms with Gasteiger partial charge in [-0.3, -0.25) is 0 Å². The lowest BCUT2D eigenvalue weighted by atomic mass is 10.1. The number of rotatable bonds is 9. The lowest BCUT2D eigenvalue weighted by Crippen LogP contribution is -2.37. The van der Waals surface area contributed by atoms with E-state index in [4.69, 9.17) is 9.47 Å². The van der Waals surface area contributed by atoms with E-state index in [0.717, 1.165) is 23.4 Å².